The largest absolute Gasteiger partial charge is 0.508 e. The molecule has 1 aromatic heterocycles. The van der Waals surface area contributed by atoms with Gasteiger partial charge in [-0.3, -0.25) is 4.98 Å². The number of para-hydroxylation sites is 1. The van der Waals surface area contributed by atoms with Crippen molar-refractivity contribution in [3.05, 3.63) is 59.9 Å². The maximum absolute atomic E-state index is 9.81. The molecule has 0 saturated heterocycles. The van der Waals surface area contributed by atoms with Gasteiger partial charge in [0.25, 0.3) is 0 Å². The first-order valence-electron chi connectivity index (χ1n) is 6.12. The van der Waals surface area contributed by atoms with Crippen LogP contribution in [0.25, 0.3) is 0 Å². The maximum atomic E-state index is 9.81. The molecule has 0 radical (unpaired) electrons. The summed E-state index contributed by atoms with van der Waals surface area (Å²) in [6.07, 6.45) is 3.62. The van der Waals surface area contributed by atoms with E-state index in [4.69, 9.17) is 0 Å². The van der Waals surface area contributed by atoms with Gasteiger partial charge in [-0.05, 0) is 31.5 Å². The fourth-order valence-electron chi connectivity index (χ4n) is 2.05. The summed E-state index contributed by atoms with van der Waals surface area (Å²) in [5, 5.41) is 13.3. The van der Waals surface area contributed by atoms with E-state index in [9.17, 15) is 5.11 Å². The number of hydrogen-bond donors (Lipinski definition) is 2. The van der Waals surface area contributed by atoms with E-state index in [0.717, 1.165) is 11.1 Å². The van der Waals surface area contributed by atoms with Gasteiger partial charge in [-0.15, -0.1) is 0 Å². The van der Waals surface area contributed by atoms with Gasteiger partial charge in [-0.25, -0.2) is 0 Å². The molecule has 2 atom stereocenters. The minimum absolute atomic E-state index is 0.0846. The third-order valence-electron chi connectivity index (χ3n) is 3.09. The zero-order valence-corrected chi connectivity index (χ0v) is 10.7. The zero-order valence-electron chi connectivity index (χ0n) is 10.7. The molecule has 0 saturated carbocycles. The summed E-state index contributed by atoms with van der Waals surface area (Å²) in [7, 11) is 0. The van der Waals surface area contributed by atoms with Crippen LogP contribution in [0.4, 0.5) is 0 Å². The molecule has 3 nitrogen and oxygen atoms in total. The molecule has 3 heteroatoms. The number of aromatic nitrogens is 1. The highest BCUT2D eigenvalue weighted by Gasteiger charge is 2.13. The highest BCUT2D eigenvalue weighted by Crippen LogP contribution is 2.25. The molecule has 2 N–H and O–H groups in total. The van der Waals surface area contributed by atoms with Crippen LogP contribution < -0.4 is 5.32 Å². The van der Waals surface area contributed by atoms with Gasteiger partial charge in [0, 0.05) is 30.0 Å². The van der Waals surface area contributed by atoms with Crippen LogP contribution in [0.2, 0.25) is 0 Å². The fourth-order valence-corrected chi connectivity index (χ4v) is 2.05. The lowest BCUT2D eigenvalue weighted by atomic mass is 10.0. The Labute approximate surface area is 108 Å². The number of pyridine rings is 1. The van der Waals surface area contributed by atoms with Gasteiger partial charge in [0.1, 0.15) is 5.75 Å². The standard InChI is InChI=1S/C15H18N2O/c1-11(13-6-5-9-16-10-13)17-12(2)14-7-3-4-8-15(14)18/h3-12,17-18H,1-2H3/t11-,12?/m0/s1. The monoisotopic (exact) mass is 242 g/mol. The van der Waals surface area contributed by atoms with E-state index in [2.05, 4.69) is 17.2 Å². The Morgan fingerprint density at radius 1 is 1.06 bits per heavy atom. The van der Waals surface area contributed by atoms with E-state index in [-0.39, 0.29) is 12.1 Å². The highest BCUT2D eigenvalue weighted by molar-refractivity contribution is 5.34. The smallest absolute Gasteiger partial charge is 0.120 e. The number of phenolic OH excluding ortho intramolecular Hbond substituents is 1. The lowest BCUT2D eigenvalue weighted by Crippen LogP contribution is -2.22. The lowest BCUT2D eigenvalue weighted by molar-refractivity contribution is 0.438. The molecule has 0 amide bonds. The Morgan fingerprint density at radius 2 is 1.83 bits per heavy atom. The Hall–Kier alpha value is -1.87. The van der Waals surface area contributed by atoms with Crippen molar-refractivity contribution >= 4 is 0 Å². The normalized spacial score (nSPS) is 14.1. The number of nitrogens with one attached hydrogen (secondary N) is 1. The molecule has 2 rings (SSSR count). The third kappa shape index (κ3) is 2.87. The van der Waals surface area contributed by atoms with Crippen LogP contribution >= 0.6 is 0 Å². The summed E-state index contributed by atoms with van der Waals surface area (Å²) >= 11 is 0. The minimum Gasteiger partial charge on any atom is -0.508 e. The minimum atomic E-state index is 0.0846. The Balaban J connectivity index is 2.08. The first kappa shape index (κ1) is 12.6. The van der Waals surface area contributed by atoms with Crippen LogP contribution in [0.1, 0.15) is 37.1 Å². The van der Waals surface area contributed by atoms with Gasteiger partial charge < -0.3 is 10.4 Å². The number of hydrogen-bond acceptors (Lipinski definition) is 3. The van der Waals surface area contributed by atoms with Gasteiger partial charge >= 0.3 is 0 Å². The van der Waals surface area contributed by atoms with Gasteiger partial charge in [0.05, 0.1) is 0 Å². The number of nitrogens with zero attached hydrogens (tertiary/aromatic N) is 1. The second-order valence-electron chi connectivity index (χ2n) is 4.46. The zero-order chi connectivity index (χ0) is 13.0. The molecule has 0 aliphatic heterocycles. The summed E-state index contributed by atoms with van der Waals surface area (Å²) < 4.78 is 0. The van der Waals surface area contributed by atoms with Crippen LogP contribution in [0, 0.1) is 0 Å². The molecular formula is C15H18N2O. The number of phenols is 1. The van der Waals surface area contributed by atoms with E-state index in [1.807, 2.05) is 43.5 Å². The van der Waals surface area contributed by atoms with Gasteiger partial charge in [-0.2, -0.15) is 0 Å². The average Bonchev–Trinajstić information content (AvgIpc) is 2.40. The molecule has 0 spiro atoms. The van der Waals surface area contributed by atoms with Crippen molar-refractivity contribution in [1.29, 1.82) is 0 Å². The van der Waals surface area contributed by atoms with Crippen molar-refractivity contribution in [2.24, 2.45) is 0 Å². The number of benzene rings is 1. The fraction of sp³-hybridized carbons (Fsp3) is 0.267. The lowest BCUT2D eigenvalue weighted by Gasteiger charge is -2.21. The summed E-state index contributed by atoms with van der Waals surface area (Å²) in [6.45, 7) is 4.13. The van der Waals surface area contributed by atoms with E-state index >= 15 is 0 Å². The van der Waals surface area contributed by atoms with Crippen LogP contribution in [-0.4, -0.2) is 10.1 Å². The second kappa shape index (κ2) is 5.65. The first-order valence-corrected chi connectivity index (χ1v) is 6.12. The Morgan fingerprint density at radius 3 is 2.50 bits per heavy atom. The number of rotatable bonds is 4. The quantitative estimate of drug-likeness (QED) is 0.865. The van der Waals surface area contributed by atoms with Crippen LogP contribution in [0.5, 0.6) is 5.75 Å². The molecule has 0 aliphatic carbocycles. The number of aromatic hydroxyl groups is 1. The molecule has 0 aliphatic rings. The molecule has 1 heterocycles. The Kier molecular flexibility index (Phi) is 3.95. The molecular weight excluding hydrogens is 224 g/mol. The van der Waals surface area contributed by atoms with Crippen molar-refractivity contribution in [1.82, 2.24) is 10.3 Å². The molecule has 18 heavy (non-hydrogen) atoms. The topological polar surface area (TPSA) is 45.2 Å². The van der Waals surface area contributed by atoms with Gasteiger partial charge in [-0.1, -0.05) is 24.3 Å². The Bertz CT molecular complexity index is 499. The predicted octanol–water partition coefficient (Wildman–Crippen LogP) is 3.20. The molecule has 0 fully saturated rings. The van der Waals surface area contributed by atoms with E-state index in [1.165, 1.54) is 0 Å². The van der Waals surface area contributed by atoms with Crippen molar-refractivity contribution < 1.29 is 5.11 Å². The SMILES string of the molecule is CC(N[C@@H](C)c1cccnc1)c1ccccc1O. The van der Waals surface area contributed by atoms with Crippen molar-refractivity contribution in [2.45, 2.75) is 25.9 Å². The van der Waals surface area contributed by atoms with Crippen molar-refractivity contribution in [3.8, 4) is 5.75 Å². The van der Waals surface area contributed by atoms with Gasteiger partial charge in [0.2, 0.25) is 0 Å². The molecule has 1 aromatic carbocycles. The van der Waals surface area contributed by atoms with Gasteiger partial charge in [0.15, 0.2) is 0 Å². The molecule has 0 bridgehead atoms. The highest BCUT2D eigenvalue weighted by atomic mass is 16.3. The molecule has 2 aromatic rings. The first-order chi connectivity index (χ1) is 8.68. The predicted molar refractivity (Wildman–Crippen MR) is 72.3 cm³/mol. The third-order valence-corrected chi connectivity index (χ3v) is 3.09. The van der Waals surface area contributed by atoms with E-state index in [1.54, 1.807) is 12.3 Å². The summed E-state index contributed by atoms with van der Waals surface area (Å²) in [5.41, 5.74) is 2.05. The molecule has 1 unspecified atom stereocenters. The van der Waals surface area contributed by atoms with Crippen LogP contribution in [0.3, 0.4) is 0 Å². The average molecular weight is 242 g/mol. The van der Waals surface area contributed by atoms with Crippen molar-refractivity contribution in [2.75, 3.05) is 0 Å². The molecule has 94 valence electrons. The summed E-state index contributed by atoms with van der Waals surface area (Å²) in [4.78, 5) is 4.11. The van der Waals surface area contributed by atoms with Crippen molar-refractivity contribution in [3.63, 3.8) is 0 Å². The van der Waals surface area contributed by atoms with Crippen LogP contribution in [-0.2, 0) is 0 Å². The van der Waals surface area contributed by atoms with E-state index in [0.29, 0.717) is 5.75 Å². The summed E-state index contributed by atoms with van der Waals surface area (Å²) in [5.74, 6) is 0.330. The maximum Gasteiger partial charge on any atom is 0.120 e. The second-order valence-corrected chi connectivity index (χ2v) is 4.46. The van der Waals surface area contributed by atoms with E-state index < -0.39 is 0 Å². The summed E-state index contributed by atoms with van der Waals surface area (Å²) in [6, 6.07) is 11.7. The van der Waals surface area contributed by atoms with Crippen LogP contribution in [0.15, 0.2) is 48.8 Å².